The number of aliphatic imine (C=N–C) groups is 1. The fourth-order valence-corrected chi connectivity index (χ4v) is 6.63. The van der Waals surface area contributed by atoms with Crippen LogP contribution in [-0.4, -0.2) is 49.5 Å². The number of ether oxygens (including phenoxy) is 1. The van der Waals surface area contributed by atoms with E-state index in [9.17, 15) is 8.42 Å². The number of nitrogens with zero attached hydrogens (tertiary/aromatic N) is 2. The van der Waals surface area contributed by atoms with E-state index in [4.69, 9.17) is 4.74 Å². The smallest absolute Gasteiger partial charge is 0.164 e. The Morgan fingerprint density at radius 1 is 1.27 bits per heavy atom. The van der Waals surface area contributed by atoms with Gasteiger partial charge in [0.15, 0.2) is 15.0 Å². The SMILES string of the molecule is CCOc1ccc(N(CC)C2=NC3CS(=O)(=O)CC3S2)cc1. The Labute approximate surface area is 135 Å². The Morgan fingerprint density at radius 2 is 2.00 bits per heavy atom. The Hall–Kier alpha value is -1.21. The molecule has 1 fully saturated rings. The standard InChI is InChI=1S/C15H20N2O3S2/c1-3-17(11-5-7-12(8-6-11)20-4-2)15-16-13-9-22(18,19)10-14(13)21-15/h5-8,13-14H,3-4,9-10H2,1-2H3. The molecule has 1 saturated heterocycles. The minimum absolute atomic E-state index is 0.0803. The van der Waals surface area contributed by atoms with Crippen molar-refractivity contribution in [3.05, 3.63) is 24.3 Å². The molecule has 5 nitrogen and oxygen atoms in total. The lowest BCUT2D eigenvalue weighted by Gasteiger charge is -2.23. The van der Waals surface area contributed by atoms with E-state index < -0.39 is 9.84 Å². The van der Waals surface area contributed by atoms with Gasteiger partial charge in [0.2, 0.25) is 0 Å². The molecule has 0 radical (unpaired) electrons. The number of anilines is 1. The summed E-state index contributed by atoms with van der Waals surface area (Å²) in [4.78, 5) is 6.78. The van der Waals surface area contributed by atoms with E-state index in [-0.39, 0.29) is 22.8 Å². The van der Waals surface area contributed by atoms with Crippen LogP contribution < -0.4 is 9.64 Å². The summed E-state index contributed by atoms with van der Waals surface area (Å²) in [5.74, 6) is 1.29. The number of thioether (sulfide) groups is 1. The van der Waals surface area contributed by atoms with Crippen LogP contribution in [-0.2, 0) is 9.84 Å². The lowest BCUT2D eigenvalue weighted by atomic mass is 10.2. The molecule has 0 spiro atoms. The molecule has 0 amide bonds. The Kier molecular flexibility index (Phi) is 4.36. The normalized spacial score (nSPS) is 25.6. The minimum atomic E-state index is -2.90. The fourth-order valence-electron chi connectivity index (χ4n) is 2.79. The van der Waals surface area contributed by atoms with Gasteiger partial charge in [0.05, 0.1) is 24.2 Å². The summed E-state index contributed by atoms with van der Waals surface area (Å²) in [5.41, 5.74) is 1.06. The molecule has 3 rings (SSSR count). The van der Waals surface area contributed by atoms with Crippen molar-refractivity contribution in [2.75, 3.05) is 29.6 Å². The third kappa shape index (κ3) is 3.10. The van der Waals surface area contributed by atoms with Crippen LogP contribution in [0.5, 0.6) is 5.75 Å². The van der Waals surface area contributed by atoms with Crippen LogP contribution in [0.15, 0.2) is 29.3 Å². The number of sulfone groups is 1. The number of benzene rings is 1. The second kappa shape index (κ2) is 6.12. The van der Waals surface area contributed by atoms with Gasteiger partial charge in [-0.2, -0.15) is 0 Å². The van der Waals surface area contributed by atoms with E-state index in [0.717, 1.165) is 23.1 Å². The minimum Gasteiger partial charge on any atom is -0.494 e. The zero-order chi connectivity index (χ0) is 15.7. The lowest BCUT2D eigenvalue weighted by Crippen LogP contribution is -2.28. The predicted octanol–water partition coefficient (Wildman–Crippen LogP) is 2.18. The Balaban J connectivity index is 1.78. The van der Waals surface area contributed by atoms with Crippen LogP contribution in [0, 0.1) is 0 Å². The summed E-state index contributed by atoms with van der Waals surface area (Å²) in [6, 6.07) is 7.85. The van der Waals surface area contributed by atoms with Crippen molar-refractivity contribution in [2.45, 2.75) is 25.1 Å². The predicted molar refractivity (Wildman–Crippen MR) is 91.9 cm³/mol. The van der Waals surface area contributed by atoms with Gasteiger partial charge in [-0.15, -0.1) is 0 Å². The van der Waals surface area contributed by atoms with E-state index in [1.807, 2.05) is 31.2 Å². The molecule has 0 aliphatic carbocycles. The van der Waals surface area contributed by atoms with Gasteiger partial charge < -0.3 is 9.64 Å². The van der Waals surface area contributed by atoms with E-state index in [1.165, 1.54) is 0 Å². The molecule has 2 aliphatic heterocycles. The second-order valence-corrected chi connectivity index (χ2v) is 8.74. The maximum Gasteiger partial charge on any atom is 0.164 e. The second-order valence-electron chi connectivity index (χ2n) is 5.38. The molecule has 22 heavy (non-hydrogen) atoms. The Bertz CT molecular complexity index is 671. The van der Waals surface area contributed by atoms with Gasteiger partial charge >= 0.3 is 0 Å². The highest BCUT2D eigenvalue weighted by Crippen LogP contribution is 2.36. The maximum absolute atomic E-state index is 11.6. The van der Waals surface area contributed by atoms with Gasteiger partial charge in [0, 0.05) is 17.5 Å². The zero-order valence-corrected chi connectivity index (χ0v) is 14.4. The van der Waals surface area contributed by atoms with Crippen molar-refractivity contribution in [1.82, 2.24) is 0 Å². The average Bonchev–Trinajstić information content (AvgIpc) is 2.95. The van der Waals surface area contributed by atoms with Gasteiger partial charge in [-0.05, 0) is 38.1 Å². The van der Waals surface area contributed by atoms with Crippen molar-refractivity contribution in [1.29, 1.82) is 0 Å². The summed E-state index contributed by atoms with van der Waals surface area (Å²) in [7, 11) is -2.90. The molecule has 2 heterocycles. The van der Waals surface area contributed by atoms with Crippen molar-refractivity contribution < 1.29 is 13.2 Å². The average molecular weight is 340 g/mol. The molecule has 0 saturated carbocycles. The summed E-state index contributed by atoms with van der Waals surface area (Å²) >= 11 is 1.59. The van der Waals surface area contributed by atoms with Gasteiger partial charge in [-0.3, -0.25) is 4.99 Å². The summed E-state index contributed by atoms with van der Waals surface area (Å²) in [6.07, 6.45) is 0. The number of hydrogen-bond acceptors (Lipinski definition) is 6. The van der Waals surface area contributed by atoms with E-state index in [0.29, 0.717) is 6.61 Å². The van der Waals surface area contributed by atoms with Gasteiger partial charge in [0.1, 0.15) is 5.75 Å². The largest absolute Gasteiger partial charge is 0.494 e. The first kappa shape index (κ1) is 15.7. The molecular weight excluding hydrogens is 320 g/mol. The first-order valence-corrected chi connectivity index (χ1v) is 10.2. The Morgan fingerprint density at radius 3 is 2.59 bits per heavy atom. The number of rotatable bonds is 4. The van der Waals surface area contributed by atoms with Crippen molar-refractivity contribution in [2.24, 2.45) is 4.99 Å². The third-order valence-corrected chi connectivity index (χ3v) is 7.06. The van der Waals surface area contributed by atoms with Crippen LogP contribution in [0.3, 0.4) is 0 Å². The van der Waals surface area contributed by atoms with Crippen LogP contribution in [0.2, 0.25) is 0 Å². The fraction of sp³-hybridized carbons (Fsp3) is 0.533. The van der Waals surface area contributed by atoms with Gasteiger partial charge in [-0.25, -0.2) is 8.42 Å². The number of fused-ring (bicyclic) bond motifs is 1. The number of hydrogen-bond donors (Lipinski definition) is 0. The summed E-state index contributed by atoms with van der Waals surface area (Å²) in [6.45, 7) is 5.48. The first-order chi connectivity index (χ1) is 10.5. The van der Waals surface area contributed by atoms with E-state index >= 15 is 0 Å². The molecular formula is C15H20N2O3S2. The molecule has 1 aromatic carbocycles. The monoisotopic (exact) mass is 340 g/mol. The molecule has 2 atom stereocenters. The maximum atomic E-state index is 11.6. The van der Waals surface area contributed by atoms with E-state index in [1.54, 1.807) is 11.8 Å². The highest BCUT2D eigenvalue weighted by Gasteiger charge is 2.43. The molecule has 120 valence electrons. The molecule has 0 bridgehead atoms. The zero-order valence-electron chi connectivity index (χ0n) is 12.7. The van der Waals surface area contributed by atoms with Crippen molar-refractivity contribution in [3.8, 4) is 5.75 Å². The molecule has 0 aromatic heterocycles. The third-order valence-electron chi connectivity index (χ3n) is 3.81. The van der Waals surface area contributed by atoms with Gasteiger partial charge in [-0.1, -0.05) is 11.8 Å². The first-order valence-electron chi connectivity index (χ1n) is 7.47. The highest BCUT2D eigenvalue weighted by molar-refractivity contribution is 8.15. The highest BCUT2D eigenvalue weighted by atomic mass is 32.2. The summed E-state index contributed by atoms with van der Waals surface area (Å²) < 4.78 is 28.8. The molecule has 2 unspecified atom stereocenters. The molecule has 0 N–H and O–H groups in total. The molecule has 7 heteroatoms. The number of amidine groups is 1. The topological polar surface area (TPSA) is 59.0 Å². The van der Waals surface area contributed by atoms with Gasteiger partial charge in [0.25, 0.3) is 0 Å². The van der Waals surface area contributed by atoms with Crippen LogP contribution in [0.4, 0.5) is 5.69 Å². The van der Waals surface area contributed by atoms with Crippen molar-refractivity contribution >= 4 is 32.5 Å². The summed E-state index contributed by atoms with van der Waals surface area (Å²) in [5, 5.41) is 1.01. The van der Waals surface area contributed by atoms with Crippen LogP contribution in [0.25, 0.3) is 0 Å². The van der Waals surface area contributed by atoms with Crippen LogP contribution >= 0.6 is 11.8 Å². The lowest BCUT2D eigenvalue weighted by molar-refractivity contribution is 0.340. The van der Waals surface area contributed by atoms with E-state index in [2.05, 4.69) is 16.8 Å². The molecule has 1 aromatic rings. The molecule has 2 aliphatic rings. The quantitative estimate of drug-likeness (QED) is 0.841. The van der Waals surface area contributed by atoms with Crippen LogP contribution in [0.1, 0.15) is 13.8 Å². The van der Waals surface area contributed by atoms with Crippen molar-refractivity contribution in [3.63, 3.8) is 0 Å².